The number of hydrogen-bond acceptors (Lipinski definition) is 3. The number of hydrogen-bond donors (Lipinski definition) is 2. The van der Waals surface area contributed by atoms with Crippen LogP contribution in [-0.2, 0) is 4.79 Å². The van der Waals surface area contributed by atoms with Gasteiger partial charge in [0, 0.05) is 18.0 Å². The molecule has 3 nitrogen and oxygen atoms in total. The van der Waals surface area contributed by atoms with Gasteiger partial charge in [-0.3, -0.25) is 4.79 Å². The Labute approximate surface area is 102 Å². The number of aliphatic hydroxyl groups excluding tert-OH is 1. The van der Waals surface area contributed by atoms with Crippen molar-refractivity contribution in [1.82, 2.24) is 5.32 Å². The van der Waals surface area contributed by atoms with E-state index in [1.165, 1.54) is 6.07 Å². The van der Waals surface area contributed by atoms with E-state index in [1.807, 2.05) is 0 Å². The summed E-state index contributed by atoms with van der Waals surface area (Å²) in [5.74, 6) is -1.89. The third kappa shape index (κ3) is 5.14. The van der Waals surface area contributed by atoms with Gasteiger partial charge < -0.3 is 10.4 Å². The van der Waals surface area contributed by atoms with E-state index >= 15 is 0 Å². The first-order valence-corrected chi connectivity index (χ1v) is 6.07. The van der Waals surface area contributed by atoms with Crippen molar-refractivity contribution < 1.29 is 18.7 Å². The molecule has 1 aromatic rings. The van der Waals surface area contributed by atoms with Gasteiger partial charge in [-0.15, -0.1) is 11.8 Å². The van der Waals surface area contributed by atoms with Crippen LogP contribution in [0.5, 0.6) is 0 Å². The smallest absolute Gasteiger partial charge is 0.230 e. The second-order valence-corrected chi connectivity index (χ2v) is 4.34. The van der Waals surface area contributed by atoms with Crippen LogP contribution in [0.25, 0.3) is 0 Å². The zero-order valence-electron chi connectivity index (χ0n) is 9.08. The molecule has 0 heterocycles. The SMILES string of the molecule is O=C(CSc1ccc(F)c(F)c1)NCCCO. The Balaban J connectivity index is 2.34. The molecule has 0 spiro atoms. The lowest BCUT2D eigenvalue weighted by Crippen LogP contribution is -2.26. The van der Waals surface area contributed by atoms with Crippen molar-refractivity contribution in [3.8, 4) is 0 Å². The van der Waals surface area contributed by atoms with Gasteiger partial charge in [0.1, 0.15) is 0 Å². The predicted molar refractivity (Wildman–Crippen MR) is 61.8 cm³/mol. The largest absolute Gasteiger partial charge is 0.396 e. The third-order valence-electron chi connectivity index (χ3n) is 1.92. The molecule has 1 rings (SSSR count). The highest BCUT2D eigenvalue weighted by Crippen LogP contribution is 2.19. The Kier molecular flexibility index (Phi) is 5.93. The summed E-state index contributed by atoms with van der Waals surface area (Å²) in [7, 11) is 0. The highest BCUT2D eigenvalue weighted by Gasteiger charge is 2.05. The topological polar surface area (TPSA) is 49.3 Å². The number of halogens is 2. The predicted octanol–water partition coefficient (Wildman–Crippen LogP) is 1.56. The van der Waals surface area contributed by atoms with E-state index in [4.69, 9.17) is 5.11 Å². The van der Waals surface area contributed by atoms with Crippen molar-refractivity contribution in [3.05, 3.63) is 29.8 Å². The molecule has 1 aromatic carbocycles. The average Bonchev–Trinajstić information content (AvgIpc) is 2.31. The normalized spacial score (nSPS) is 10.3. The lowest BCUT2D eigenvalue weighted by molar-refractivity contribution is -0.118. The minimum absolute atomic E-state index is 0.0244. The quantitative estimate of drug-likeness (QED) is 0.603. The molecule has 0 aliphatic carbocycles. The molecule has 0 saturated heterocycles. The van der Waals surface area contributed by atoms with Gasteiger partial charge in [0.2, 0.25) is 5.91 Å². The number of carbonyl (C=O) groups is 1. The van der Waals surface area contributed by atoms with Gasteiger partial charge in [-0.1, -0.05) is 0 Å². The van der Waals surface area contributed by atoms with Gasteiger partial charge in [-0.05, 0) is 24.6 Å². The maximum atomic E-state index is 12.8. The molecule has 0 unspecified atom stereocenters. The Morgan fingerprint density at radius 1 is 1.35 bits per heavy atom. The summed E-state index contributed by atoms with van der Waals surface area (Å²) in [5.41, 5.74) is 0. The van der Waals surface area contributed by atoms with Crippen LogP contribution >= 0.6 is 11.8 Å². The molecule has 0 bridgehead atoms. The van der Waals surface area contributed by atoms with Crippen LogP contribution in [0.2, 0.25) is 0 Å². The molecular weight excluding hydrogens is 248 g/mol. The lowest BCUT2D eigenvalue weighted by atomic mass is 10.3. The zero-order valence-corrected chi connectivity index (χ0v) is 9.90. The molecule has 94 valence electrons. The molecule has 2 N–H and O–H groups in total. The summed E-state index contributed by atoms with van der Waals surface area (Å²) in [5, 5.41) is 11.1. The fourth-order valence-corrected chi connectivity index (χ4v) is 1.82. The van der Waals surface area contributed by atoms with Gasteiger partial charge in [-0.25, -0.2) is 8.78 Å². The second-order valence-electron chi connectivity index (χ2n) is 3.29. The van der Waals surface area contributed by atoms with Crippen molar-refractivity contribution in [2.75, 3.05) is 18.9 Å². The Bertz CT molecular complexity index is 388. The Morgan fingerprint density at radius 3 is 2.76 bits per heavy atom. The van der Waals surface area contributed by atoms with Crippen LogP contribution in [0.15, 0.2) is 23.1 Å². The maximum absolute atomic E-state index is 12.8. The van der Waals surface area contributed by atoms with Gasteiger partial charge in [0.15, 0.2) is 11.6 Å². The minimum Gasteiger partial charge on any atom is -0.396 e. The molecule has 0 atom stereocenters. The second kappa shape index (κ2) is 7.24. The summed E-state index contributed by atoms with van der Waals surface area (Å²) in [6, 6.07) is 3.51. The van der Waals surface area contributed by atoms with E-state index in [-0.39, 0.29) is 18.3 Å². The number of nitrogens with one attached hydrogen (secondary N) is 1. The number of rotatable bonds is 6. The van der Waals surface area contributed by atoms with Crippen LogP contribution in [0, 0.1) is 11.6 Å². The fraction of sp³-hybridized carbons (Fsp3) is 0.364. The highest BCUT2D eigenvalue weighted by atomic mass is 32.2. The van der Waals surface area contributed by atoms with Crippen molar-refractivity contribution in [1.29, 1.82) is 0 Å². The lowest BCUT2D eigenvalue weighted by Gasteiger charge is -2.04. The van der Waals surface area contributed by atoms with E-state index < -0.39 is 11.6 Å². The molecule has 0 aromatic heterocycles. The highest BCUT2D eigenvalue weighted by molar-refractivity contribution is 8.00. The summed E-state index contributed by atoms with van der Waals surface area (Å²) in [4.78, 5) is 11.8. The van der Waals surface area contributed by atoms with Gasteiger partial charge in [0.05, 0.1) is 5.75 Å². The first kappa shape index (κ1) is 13.9. The first-order valence-electron chi connectivity index (χ1n) is 5.09. The monoisotopic (exact) mass is 261 g/mol. The van der Waals surface area contributed by atoms with Crippen molar-refractivity contribution in [3.63, 3.8) is 0 Å². The van der Waals surface area contributed by atoms with Crippen molar-refractivity contribution in [2.24, 2.45) is 0 Å². The molecule has 1 amide bonds. The molecule has 17 heavy (non-hydrogen) atoms. The van der Waals surface area contributed by atoms with Crippen LogP contribution in [0.1, 0.15) is 6.42 Å². The molecule has 0 fully saturated rings. The number of thioether (sulfide) groups is 1. The number of carbonyl (C=O) groups excluding carboxylic acids is 1. The summed E-state index contributed by atoms with van der Waals surface area (Å²) in [6.07, 6.45) is 0.502. The van der Waals surface area contributed by atoms with Crippen molar-refractivity contribution in [2.45, 2.75) is 11.3 Å². The van der Waals surface area contributed by atoms with Gasteiger partial charge in [0.25, 0.3) is 0 Å². The summed E-state index contributed by atoms with van der Waals surface area (Å²) < 4.78 is 25.5. The van der Waals surface area contributed by atoms with Crippen molar-refractivity contribution >= 4 is 17.7 Å². The first-order chi connectivity index (χ1) is 8.13. The standard InChI is InChI=1S/C11H13F2NO2S/c12-9-3-2-8(6-10(9)13)17-7-11(16)14-4-1-5-15/h2-3,6,15H,1,4-5,7H2,(H,14,16). The van der Waals surface area contributed by atoms with Crippen LogP contribution < -0.4 is 5.32 Å². The Morgan fingerprint density at radius 2 is 2.12 bits per heavy atom. The Hall–Kier alpha value is -1.14. The maximum Gasteiger partial charge on any atom is 0.230 e. The molecule has 6 heteroatoms. The molecule has 0 aliphatic rings. The summed E-state index contributed by atoms with van der Waals surface area (Å²) in [6.45, 7) is 0.435. The average molecular weight is 261 g/mol. The van der Waals surface area contributed by atoms with E-state index in [1.54, 1.807) is 0 Å². The van der Waals surface area contributed by atoms with Crippen LogP contribution in [0.4, 0.5) is 8.78 Å². The van der Waals surface area contributed by atoms with E-state index in [0.29, 0.717) is 17.9 Å². The molecule has 0 saturated carbocycles. The molecule has 0 aliphatic heterocycles. The number of benzene rings is 1. The van der Waals surface area contributed by atoms with Crippen LogP contribution in [0.3, 0.4) is 0 Å². The minimum atomic E-state index is -0.921. The zero-order chi connectivity index (χ0) is 12.7. The fourth-order valence-electron chi connectivity index (χ4n) is 1.07. The number of aliphatic hydroxyl groups is 1. The third-order valence-corrected chi connectivity index (χ3v) is 2.91. The molecular formula is C11H13F2NO2S. The van der Waals surface area contributed by atoms with Gasteiger partial charge >= 0.3 is 0 Å². The molecule has 0 radical (unpaired) electrons. The van der Waals surface area contributed by atoms with Crippen LogP contribution in [-0.4, -0.2) is 29.9 Å². The van der Waals surface area contributed by atoms with E-state index in [9.17, 15) is 13.6 Å². The van der Waals surface area contributed by atoms with Gasteiger partial charge in [-0.2, -0.15) is 0 Å². The number of amides is 1. The van der Waals surface area contributed by atoms with E-state index in [2.05, 4.69) is 5.32 Å². The summed E-state index contributed by atoms with van der Waals surface area (Å²) >= 11 is 1.13. The van der Waals surface area contributed by atoms with E-state index in [0.717, 1.165) is 23.9 Å².